The third-order valence-corrected chi connectivity index (χ3v) is 3.37. The monoisotopic (exact) mass is 266 g/mol. The van der Waals surface area contributed by atoms with Gasteiger partial charge in [0.15, 0.2) is 0 Å². The lowest BCUT2D eigenvalue weighted by Crippen LogP contribution is -2.14. The molecular weight excluding hydrogens is 248 g/mol. The van der Waals surface area contributed by atoms with E-state index in [1.54, 1.807) is 11.8 Å². The largest absolute Gasteiger partial charge is 0.395 e. The van der Waals surface area contributed by atoms with Crippen LogP contribution in [0.15, 0.2) is 24.3 Å². The van der Waals surface area contributed by atoms with Gasteiger partial charge in [-0.15, -0.1) is 0 Å². The van der Waals surface area contributed by atoms with Crippen molar-refractivity contribution in [1.29, 1.82) is 0 Å². The third kappa shape index (κ3) is 6.08. The molecule has 0 aliphatic heterocycles. The van der Waals surface area contributed by atoms with Crippen molar-refractivity contribution in [3.8, 4) is 11.8 Å². The molecule has 1 aromatic carbocycles. The average molecular weight is 266 g/mol. The Morgan fingerprint density at radius 3 is 2.50 bits per heavy atom. The van der Waals surface area contributed by atoms with E-state index >= 15 is 0 Å². The van der Waals surface area contributed by atoms with Gasteiger partial charge in [-0.2, -0.15) is 11.8 Å². The average Bonchev–Trinajstić information content (AvgIpc) is 2.40. The highest BCUT2D eigenvalue weighted by Gasteiger charge is 2.01. The van der Waals surface area contributed by atoms with Gasteiger partial charge in [-0.3, -0.25) is 0 Å². The van der Waals surface area contributed by atoms with Crippen molar-refractivity contribution in [2.24, 2.45) is 0 Å². The molecule has 3 N–H and O–H groups in total. The second-order valence-corrected chi connectivity index (χ2v) is 4.85. The standard InChI is InChI=1S/C14H18O3S/c15-8-2-1-3-12-4-6-13(7-5-12)10-18-11-14(17)9-16/h4-7,14-17H,2,8-11H2. The van der Waals surface area contributed by atoms with E-state index in [0.29, 0.717) is 12.2 Å². The van der Waals surface area contributed by atoms with Gasteiger partial charge in [-0.05, 0) is 17.7 Å². The molecule has 1 unspecified atom stereocenters. The summed E-state index contributed by atoms with van der Waals surface area (Å²) in [4.78, 5) is 0. The summed E-state index contributed by atoms with van der Waals surface area (Å²) < 4.78 is 0. The highest BCUT2D eigenvalue weighted by Crippen LogP contribution is 2.13. The van der Waals surface area contributed by atoms with Crippen LogP contribution in [0.2, 0.25) is 0 Å². The van der Waals surface area contributed by atoms with Crippen molar-refractivity contribution in [3.63, 3.8) is 0 Å². The molecule has 18 heavy (non-hydrogen) atoms. The molecule has 0 aliphatic rings. The molecule has 0 saturated carbocycles. The number of hydrogen-bond acceptors (Lipinski definition) is 4. The lowest BCUT2D eigenvalue weighted by Gasteiger charge is -2.06. The summed E-state index contributed by atoms with van der Waals surface area (Å²) in [6.07, 6.45) is -0.143. The maximum absolute atomic E-state index is 9.19. The molecule has 0 bridgehead atoms. The van der Waals surface area contributed by atoms with Gasteiger partial charge in [-0.1, -0.05) is 24.0 Å². The Bertz CT molecular complexity index is 392. The summed E-state index contributed by atoms with van der Waals surface area (Å²) in [5, 5.41) is 26.5. The van der Waals surface area contributed by atoms with Gasteiger partial charge in [0.25, 0.3) is 0 Å². The highest BCUT2D eigenvalue weighted by atomic mass is 32.2. The molecule has 0 heterocycles. The predicted molar refractivity (Wildman–Crippen MR) is 74.3 cm³/mol. The van der Waals surface area contributed by atoms with Gasteiger partial charge in [-0.25, -0.2) is 0 Å². The summed E-state index contributed by atoms with van der Waals surface area (Å²) in [7, 11) is 0. The minimum absolute atomic E-state index is 0.0922. The highest BCUT2D eigenvalue weighted by molar-refractivity contribution is 7.98. The quantitative estimate of drug-likeness (QED) is 0.673. The number of aliphatic hydroxyl groups is 3. The van der Waals surface area contributed by atoms with Gasteiger partial charge < -0.3 is 15.3 Å². The van der Waals surface area contributed by atoms with E-state index in [-0.39, 0.29) is 13.2 Å². The fourth-order valence-corrected chi connectivity index (χ4v) is 2.19. The fourth-order valence-electron chi connectivity index (χ4n) is 1.27. The number of aliphatic hydroxyl groups excluding tert-OH is 3. The molecule has 3 nitrogen and oxygen atoms in total. The Morgan fingerprint density at radius 1 is 1.17 bits per heavy atom. The molecule has 0 radical (unpaired) electrons. The van der Waals surface area contributed by atoms with Crippen LogP contribution in [0.4, 0.5) is 0 Å². The van der Waals surface area contributed by atoms with E-state index in [0.717, 1.165) is 16.9 Å². The molecule has 0 amide bonds. The van der Waals surface area contributed by atoms with Crippen molar-refractivity contribution < 1.29 is 15.3 Å². The molecule has 0 aromatic heterocycles. The van der Waals surface area contributed by atoms with Crippen LogP contribution in [0.5, 0.6) is 0 Å². The van der Waals surface area contributed by atoms with Crippen molar-refractivity contribution in [3.05, 3.63) is 35.4 Å². The smallest absolute Gasteiger partial charge is 0.0861 e. The van der Waals surface area contributed by atoms with Crippen LogP contribution in [0.3, 0.4) is 0 Å². The fraction of sp³-hybridized carbons (Fsp3) is 0.429. The third-order valence-electron chi connectivity index (χ3n) is 2.21. The maximum Gasteiger partial charge on any atom is 0.0861 e. The lowest BCUT2D eigenvalue weighted by atomic mass is 10.1. The topological polar surface area (TPSA) is 60.7 Å². The van der Waals surface area contributed by atoms with Crippen LogP contribution in [0, 0.1) is 11.8 Å². The summed E-state index contributed by atoms with van der Waals surface area (Å²) in [5.74, 6) is 7.18. The second kappa shape index (κ2) is 9.01. The Morgan fingerprint density at radius 2 is 1.89 bits per heavy atom. The summed E-state index contributed by atoms with van der Waals surface area (Å²) in [6.45, 7) is -0.0959. The Labute approximate surface area is 112 Å². The number of thioether (sulfide) groups is 1. The van der Waals surface area contributed by atoms with Gasteiger partial charge in [0, 0.05) is 23.5 Å². The van der Waals surface area contributed by atoms with Gasteiger partial charge >= 0.3 is 0 Å². The van der Waals surface area contributed by atoms with Crippen LogP contribution in [0.25, 0.3) is 0 Å². The van der Waals surface area contributed by atoms with Crippen LogP contribution in [-0.4, -0.2) is 40.4 Å². The van der Waals surface area contributed by atoms with Crippen LogP contribution >= 0.6 is 11.8 Å². The zero-order valence-electron chi connectivity index (χ0n) is 10.2. The summed E-state index contributed by atoms with van der Waals surface area (Å²) in [5.41, 5.74) is 2.10. The molecular formula is C14H18O3S. The molecule has 4 heteroatoms. The van der Waals surface area contributed by atoms with Crippen molar-refractivity contribution >= 4 is 11.8 Å². The Kier molecular flexibility index (Phi) is 7.54. The van der Waals surface area contributed by atoms with E-state index in [9.17, 15) is 5.11 Å². The van der Waals surface area contributed by atoms with Gasteiger partial charge in [0.05, 0.1) is 19.3 Å². The second-order valence-electron chi connectivity index (χ2n) is 3.82. The Hall–Kier alpha value is -0.990. The predicted octanol–water partition coefficient (Wildman–Crippen LogP) is 1.01. The lowest BCUT2D eigenvalue weighted by molar-refractivity contribution is 0.113. The molecule has 0 fully saturated rings. The maximum atomic E-state index is 9.19. The zero-order valence-corrected chi connectivity index (χ0v) is 11.0. The first kappa shape index (κ1) is 15.1. The van der Waals surface area contributed by atoms with E-state index in [1.165, 1.54) is 0 Å². The molecule has 0 saturated heterocycles. The summed E-state index contributed by atoms with van der Waals surface area (Å²) in [6, 6.07) is 7.90. The molecule has 0 aliphatic carbocycles. The van der Waals surface area contributed by atoms with Gasteiger partial charge in [0.1, 0.15) is 0 Å². The van der Waals surface area contributed by atoms with Crippen molar-refractivity contribution in [2.75, 3.05) is 19.0 Å². The van der Waals surface area contributed by atoms with Crippen LogP contribution in [-0.2, 0) is 5.75 Å². The van der Waals surface area contributed by atoms with Crippen molar-refractivity contribution in [1.82, 2.24) is 0 Å². The minimum Gasteiger partial charge on any atom is -0.395 e. The normalized spacial score (nSPS) is 11.7. The van der Waals surface area contributed by atoms with Gasteiger partial charge in [0.2, 0.25) is 0 Å². The first-order chi connectivity index (χ1) is 8.76. The van der Waals surface area contributed by atoms with Crippen molar-refractivity contribution in [2.45, 2.75) is 18.3 Å². The minimum atomic E-state index is -0.640. The zero-order chi connectivity index (χ0) is 13.2. The van der Waals surface area contributed by atoms with E-state index in [2.05, 4.69) is 11.8 Å². The van der Waals surface area contributed by atoms with E-state index in [1.807, 2.05) is 24.3 Å². The van der Waals surface area contributed by atoms with E-state index < -0.39 is 6.10 Å². The first-order valence-electron chi connectivity index (χ1n) is 5.81. The summed E-state index contributed by atoms with van der Waals surface area (Å²) >= 11 is 1.59. The SMILES string of the molecule is OCCC#Cc1ccc(CSCC(O)CO)cc1. The Balaban J connectivity index is 2.39. The molecule has 98 valence electrons. The number of benzene rings is 1. The number of hydrogen-bond donors (Lipinski definition) is 3. The first-order valence-corrected chi connectivity index (χ1v) is 6.97. The molecule has 0 spiro atoms. The molecule has 1 rings (SSSR count). The molecule has 1 atom stereocenters. The molecule has 1 aromatic rings. The van der Waals surface area contributed by atoms with E-state index in [4.69, 9.17) is 10.2 Å². The number of rotatable bonds is 6. The van der Waals surface area contributed by atoms with Crippen LogP contribution < -0.4 is 0 Å². The van der Waals surface area contributed by atoms with Crippen LogP contribution in [0.1, 0.15) is 17.5 Å².